The average molecular weight is 636 g/mol. The zero-order chi connectivity index (χ0) is 33.8. The van der Waals surface area contributed by atoms with Crippen molar-refractivity contribution in [2.75, 3.05) is 0 Å². The number of hydrogen-bond acceptors (Lipinski definition) is 3. The van der Waals surface area contributed by atoms with E-state index in [2.05, 4.69) is 112 Å². The Kier molecular flexibility index (Phi) is 6.56. The standard InChI is InChI=1S/C45H25N5/c46-26-29-16-22-44-38(24-29)39-25-30(27-47)17-23-45(39)49(44)32-20-18-31(19-21-32)33-11-7-12-34(40(33)28-48)35-8-1-4-13-41(35)50-42-14-5-2-9-36(42)37-10-3-6-15-43(37)50/h1-25H. The Morgan fingerprint density at radius 1 is 0.380 bits per heavy atom. The van der Waals surface area contributed by atoms with E-state index in [0.717, 1.165) is 66.5 Å². The van der Waals surface area contributed by atoms with Crippen LogP contribution in [0.2, 0.25) is 0 Å². The van der Waals surface area contributed by atoms with E-state index < -0.39 is 0 Å². The zero-order valence-corrected chi connectivity index (χ0v) is 26.7. The van der Waals surface area contributed by atoms with Gasteiger partial charge in [-0.1, -0.05) is 84.9 Å². The van der Waals surface area contributed by atoms with E-state index in [0.29, 0.717) is 16.7 Å². The molecular formula is C45H25N5. The third-order valence-corrected chi connectivity index (χ3v) is 9.65. The van der Waals surface area contributed by atoms with E-state index in [1.54, 1.807) is 0 Å². The summed E-state index contributed by atoms with van der Waals surface area (Å²) in [5.41, 5.74) is 11.5. The molecule has 0 radical (unpaired) electrons. The summed E-state index contributed by atoms with van der Waals surface area (Å²) in [4.78, 5) is 0. The molecule has 2 aromatic heterocycles. The lowest BCUT2D eigenvalue weighted by Crippen LogP contribution is -1.99. The molecular weight excluding hydrogens is 611 g/mol. The third-order valence-electron chi connectivity index (χ3n) is 9.65. The van der Waals surface area contributed by atoms with Crippen molar-refractivity contribution in [3.8, 4) is 51.8 Å². The summed E-state index contributed by atoms with van der Waals surface area (Å²) in [7, 11) is 0. The van der Waals surface area contributed by atoms with E-state index in [1.807, 2.05) is 66.7 Å². The smallest absolute Gasteiger partial charge is 0.100 e. The van der Waals surface area contributed by atoms with Gasteiger partial charge in [0.25, 0.3) is 0 Å². The molecule has 0 N–H and O–H groups in total. The van der Waals surface area contributed by atoms with Gasteiger partial charge in [0.05, 0.1) is 56.6 Å². The number of rotatable bonds is 4. The maximum absolute atomic E-state index is 10.7. The minimum absolute atomic E-state index is 0.567. The molecule has 0 aliphatic rings. The summed E-state index contributed by atoms with van der Waals surface area (Å²) in [6.07, 6.45) is 0. The molecule has 0 aliphatic carbocycles. The average Bonchev–Trinajstić information content (AvgIpc) is 3.69. The maximum atomic E-state index is 10.7. The topological polar surface area (TPSA) is 81.2 Å². The van der Waals surface area contributed by atoms with Gasteiger partial charge in [0.15, 0.2) is 0 Å². The van der Waals surface area contributed by atoms with Crippen LogP contribution in [0, 0.1) is 34.0 Å². The Labute approximate surface area is 287 Å². The Bertz CT molecular complexity index is 2830. The van der Waals surface area contributed by atoms with Crippen LogP contribution in [0.1, 0.15) is 16.7 Å². The van der Waals surface area contributed by atoms with Gasteiger partial charge in [0, 0.05) is 43.9 Å². The van der Waals surface area contributed by atoms with Crippen LogP contribution in [-0.2, 0) is 0 Å². The van der Waals surface area contributed by atoms with Crippen molar-refractivity contribution < 1.29 is 0 Å². The number of aromatic nitrogens is 2. The highest BCUT2D eigenvalue weighted by atomic mass is 15.0. The lowest BCUT2D eigenvalue weighted by molar-refractivity contribution is 1.18. The van der Waals surface area contributed by atoms with Gasteiger partial charge in [0.1, 0.15) is 6.07 Å². The summed E-state index contributed by atoms with van der Waals surface area (Å²) in [5, 5.41) is 34.1. The van der Waals surface area contributed by atoms with Crippen molar-refractivity contribution in [1.29, 1.82) is 15.8 Å². The number of nitriles is 3. The van der Waals surface area contributed by atoms with Crippen molar-refractivity contribution in [2.24, 2.45) is 0 Å². The quantitative estimate of drug-likeness (QED) is 0.193. The van der Waals surface area contributed by atoms with Crippen molar-refractivity contribution in [1.82, 2.24) is 9.13 Å². The number of benzene rings is 7. The number of para-hydroxylation sites is 3. The van der Waals surface area contributed by atoms with Crippen LogP contribution < -0.4 is 0 Å². The Hall–Kier alpha value is -7.39. The predicted octanol–water partition coefficient (Wildman–Crippen LogP) is 10.8. The SMILES string of the molecule is N#Cc1ccc2c(c1)c1cc(C#N)ccc1n2-c1ccc(-c2cccc(-c3ccccc3-n3c4ccccc4c4ccccc43)c2C#N)cc1. The lowest BCUT2D eigenvalue weighted by Gasteiger charge is -2.16. The Balaban J connectivity index is 1.19. The summed E-state index contributed by atoms with van der Waals surface area (Å²) in [6.45, 7) is 0. The normalized spacial score (nSPS) is 11.1. The Morgan fingerprint density at radius 3 is 1.50 bits per heavy atom. The number of nitrogens with zero attached hydrogens (tertiary/aromatic N) is 5. The molecule has 50 heavy (non-hydrogen) atoms. The molecule has 0 unspecified atom stereocenters. The van der Waals surface area contributed by atoms with Gasteiger partial charge in [-0.2, -0.15) is 15.8 Å². The van der Waals surface area contributed by atoms with Crippen LogP contribution in [0.15, 0.2) is 152 Å². The highest BCUT2D eigenvalue weighted by Gasteiger charge is 2.19. The van der Waals surface area contributed by atoms with E-state index in [1.165, 1.54) is 10.8 Å². The summed E-state index contributed by atoms with van der Waals surface area (Å²) in [5.74, 6) is 0. The molecule has 0 saturated heterocycles. The van der Waals surface area contributed by atoms with E-state index in [4.69, 9.17) is 0 Å². The van der Waals surface area contributed by atoms with E-state index >= 15 is 0 Å². The maximum Gasteiger partial charge on any atom is 0.100 e. The molecule has 7 aromatic carbocycles. The first kappa shape index (κ1) is 28.8. The van der Waals surface area contributed by atoms with Crippen LogP contribution in [0.5, 0.6) is 0 Å². The summed E-state index contributed by atoms with van der Waals surface area (Å²) in [6, 6.07) is 57.8. The van der Waals surface area contributed by atoms with E-state index in [-0.39, 0.29) is 0 Å². The van der Waals surface area contributed by atoms with Gasteiger partial charge in [-0.3, -0.25) is 0 Å². The van der Waals surface area contributed by atoms with Crippen molar-refractivity contribution in [3.05, 3.63) is 168 Å². The molecule has 0 fully saturated rings. The monoisotopic (exact) mass is 635 g/mol. The molecule has 2 heterocycles. The van der Waals surface area contributed by atoms with Gasteiger partial charge in [0.2, 0.25) is 0 Å². The minimum Gasteiger partial charge on any atom is -0.309 e. The van der Waals surface area contributed by atoms with Crippen LogP contribution in [-0.4, -0.2) is 9.13 Å². The molecule has 230 valence electrons. The van der Waals surface area contributed by atoms with Gasteiger partial charge >= 0.3 is 0 Å². The Morgan fingerprint density at radius 2 is 0.900 bits per heavy atom. The third kappa shape index (κ3) is 4.31. The van der Waals surface area contributed by atoms with Crippen LogP contribution in [0.25, 0.3) is 77.2 Å². The zero-order valence-electron chi connectivity index (χ0n) is 26.7. The molecule has 0 amide bonds. The van der Waals surface area contributed by atoms with Gasteiger partial charge in [-0.25, -0.2) is 0 Å². The predicted molar refractivity (Wildman–Crippen MR) is 200 cm³/mol. The number of hydrogen-bond donors (Lipinski definition) is 0. The second kappa shape index (κ2) is 11.4. The second-order valence-electron chi connectivity index (χ2n) is 12.3. The van der Waals surface area contributed by atoms with Gasteiger partial charge in [-0.15, -0.1) is 0 Å². The molecule has 9 rings (SSSR count). The molecule has 5 heteroatoms. The van der Waals surface area contributed by atoms with Gasteiger partial charge in [-0.05, 0) is 72.3 Å². The molecule has 0 atom stereocenters. The molecule has 0 saturated carbocycles. The first-order valence-corrected chi connectivity index (χ1v) is 16.3. The largest absolute Gasteiger partial charge is 0.309 e. The van der Waals surface area contributed by atoms with E-state index in [9.17, 15) is 15.8 Å². The molecule has 9 aromatic rings. The highest BCUT2D eigenvalue weighted by molar-refractivity contribution is 6.11. The summed E-state index contributed by atoms with van der Waals surface area (Å²) < 4.78 is 4.45. The summed E-state index contributed by atoms with van der Waals surface area (Å²) >= 11 is 0. The first-order valence-electron chi connectivity index (χ1n) is 16.3. The molecule has 0 spiro atoms. The molecule has 5 nitrogen and oxygen atoms in total. The molecule has 0 bridgehead atoms. The van der Waals surface area contributed by atoms with Crippen molar-refractivity contribution in [2.45, 2.75) is 0 Å². The minimum atomic E-state index is 0.567. The first-order chi connectivity index (χ1) is 24.7. The fourth-order valence-electron chi connectivity index (χ4n) is 7.45. The fraction of sp³-hybridized carbons (Fsp3) is 0. The second-order valence-corrected chi connectivity index (χ2v) is 12.3. The van der Waals surface area contributed by atoms with Crippen LogP contribution in [0.3, 0.4) is 0 Å². The van der Waals surface area contributed by atoms with Gasteiger partial charge < -0.3 is 9.13 Å². The van der Waals surface area contributed by atoms with Crippen molar-refractivity contribution in [3.63, 3.8) is 0 Å². The lowest BCUT2D eigenvalue weighted by atomic mass is 9.91. The fourth-order valence-corrected chi connectivity index (χ4v) is 7.45. The molecule has 0 aliphatic heterocycles. The van der Waals surface area contributed by atoms with Crippen LogP contribution >= 0.6 is 0 Å². The van der Waals surface area contributed by atoms with Crippen molar-refractivity contribution >= 4 is 43.6 Å². The number of fused-ring (bicyclic) bond motifs is 6. The highest BCUT2D eigenvalue weighted by Crippen LogP contribution is 2.40. The van der Waals surface area contributed by atoms with Crippen LogP contribution in [0.4, 0.5) is 0 Å².